The van der Waals surface area contributed by atoms with Crippen LogP contribution in [0.3, 0.4) is 0 Å². The van der Waals surface area contributed by atoms with Crippen molar-refractivity contribution in [1.82, 2.24) is 15.5 Å². The summed E-state index contributed by atoms with van der Waals surface area (Å²) < 4.78 is 11.4. The monoisotopic (exact) mass is 361 g/mol. The van der Waals surface area contributed by atoms with Crippen LogP contribution in [0.25, 0.3) is 11.4 Å². The third-order valence-corrected chi connectivity index (χ3v) is 5.89. The Morgan fingerprint density at radius 1 is 1.04 bits per heavy atom. The number of piperidine rings is 1. The summed E-state index contributed by atoms with van der Waals surface area (Å²) in [4.78, 5) is 4.68. The Labute approximate surface area is 158 Å². The zero-order chi connectivity index (χ0) is 18.1. The maximum atomic E-state index is 5.84. The highest BCUT2D eigenvalue weighted by Gasteiger charge is 2.57. The molecule has 5 nitrogen and oxygen atoms in total. The second-order valence-electron chi connectivity index (χ2n) is 7.62. The molecule has 1 spiro atoms. The van der Waals surface area contributed by atoms with E-state index in [1.54, 1.807) is 0 Å². The van der Waals surface area contributed by atoms with Gasteiger partial charge in [-0.15, -0.1) is 0 Å². The molecule has 3 aromatic rings. The number of nitrogens with zero attached hydrogens (tertiary/aromatic N) is 2. The van der Waals surface area contributed by atoms with Crippen molar-refractivity contribution in [2.24, 2.45) is 5.41 Å². The molecule has 1 saturated carbocycles. The van der Waals surface area contributed by atoms with Crippen LogP contribution in [0, 0.1) is 5.41 Å². The van der Waals surface area contributed by atoms with E-state index in [2.05, 4.69) is 27.6 Å². The van der Waals surface area contributed by atoms with Crippen molar-refractivity contribution in [3.63, 3.8) is 0 Å². The third kappa shape index (κ3) is 3.35. The average molecular weight is 361 g/mol. The number of benzene rings is 2. The molecule has 2 aliphatic rings. The molecule has 1 unspecified atom stereocenters. The highest BCUT2D eigenvalue weighted by Crippen LogP contribution is 2.63. The van der Waals surface area contributed by atoms with Gasteiger partial charge in [-0.25, -0.2) is 0 Å². The molecule has 2 aromatic carbocycles. The fraction of sp³-hybridized carbons (Fsp3) is 0.364. The molecule has 1 aliphatic heterocycles. The summed E-state index contributed by atoms with van der Waals surface area (Å²) in [6.07, 6.45) is 3.61. The van der Waals surface area contributed by atoms with Crippen LogP contribution in [0.2, 0.25) is 0 Å². The second kappa shape index (κ2) is 6.82. The van der Waals surface area contributed by atoms with Crippen LogP contribution in [0.5, 0.6) is 5.75 Å². The Hall–Kier alpha value is -2.66. The molecular formula is C22H23N3O2. The third-order valence-electron chi connectivity index (χ3n) is 5.89. The highest BCUT2D eigenvalue weighted by molar-refractivity contribution is 5.55. The molecule has 1 saturated heterocycles. The summed E-state index contributed by atoms with van der Waals surface area (Å²) in [5, 5.41) is 7.64. The molecule has 1 aliphatic carbocycles. The first-order valence-corrected chi connectivity index (χ1v) is 9.64. The molecule has 2 fully saturated rings. The number of hydrogen-bond donors (Lipinski definition) is 1. The van der Waals surface area contributed by atoms with Gasteiger partial charge in [0.15, 0.2) is 0 Å². The lowest BCUT2D eigenvalue weighted by molar-refractivity contribution is 0.306. The smallest absolute Gasteiger partial charge is 0.230 e. The van der Waals surface area contributed by atoms with E-state index in [9.17, 15) is 0 Å². The van der Waals surface area contributed by atoms with Gasteiger partial charge in [0.05, 0.1) is 0 Å². The van der Waals surface area contributed by atoms with Crippen molar-refractivity contribution in [2.45, 2.75) is 31.8 Å². The van der Waals surface area contributed by atoms with Crippen molar-refractivity contribution in [3.8, 4) is 17.1 Å². The van der Waals surface area contributed by atoms with E-state index in [1.807, 2.05) is 42.5 Å². The van der Waals surface area contributed by atoms with E-state index in [0.29, 0.717) is 23.8 Å². The minimum Gasteiger partial charge on any atom is -0.489 e. The average Bonchev–Trinajstić information content (AvgIpc) is 3.19. The van der Waals surface area contributed by atoms with Gasteiger partial charge in [0.1, 0.15) is 12.4 Å². The van der Waals surface area contributed by atoms with Crippen LogP contribution in [0.15, 0.2) is 59.1 Å². The van der Waals surface area contributed by atoms with E-state index >= 15 is 0 Å². The van der Waals surface area contributed by atoms with Crippen molar-refractivity contribution in [1.29, 1.82) is 0 Å². The van der Waals surface area contributed by atoms with Gasteiger partial charge in [-0.2, -0.15) is 4.98 Å². The summed E-state index contributed by atoms with van der Waals surface area (Å²) >= 11 is 0. The number of hydrogen-bond acceptors (Lipinski definition) is 5. The standard InChI is InChI=1S/C22H23N3O2/c1-2-4-16(5-3-1)15-26-18-8-6-17(7-9-18)20-24-21(27-25-20)19-14-22(19)10-12-23-13-11-22/h1-9,19,23H,10-15H2. The summed E-state index contributed by atoms with van der Waals surface area (Å²) in [6.45, 7) is 2.76. The molecule has 138 valence electrons. The number of aromatic nitrogens is 2. The quantitative estimate of drug-likeness (QED) is 0.739. The SMILES string of the molecule is c1ccc(COc2ccc(-c3noc(C4CC45CCNCC5)n3)cc2)cc1. The summed E-state index contributed by atoms with van der Waals surface area (Å²) in [6, 6.07) is 18.0. The van der Waals surface area contributed by atoms with Crippen LogP contribution < -0.4 is 10.1 Å². The van der Waals surface area contributed by atoms with Crippen molar-refractivity contribution in [2.75, 3.05) is 13.1 Å². The molecule has 0 bridgehead atoms. The lowest BCUT2D eigenvalue weighted by Gasteiger charge is -2.22. The lowest BCUT2D eigenvalue weighted by Crippen LogP contribution is -2.29. The molecule has 5 heteroatoms. The van der Waals surface area contributed by atoms with Gasteiger partial charge in [0.2, 0.25) is 11.7 Å². The molecule has 0 radical (unpaired) electrons. The molecule has 5 rings (SSSR count). The Morgan fingerprint density at radius 3 is 2.59 bits per heavy atom. The number of rotatable bonds is 5. The minimum absolute atomic E-state index is 0.407. The van der Waals surface area contributed by atoms with E-state index in [1.165, 1.54) is 19.3 Å². The maximum Gasteiger partial charge on any atom is 0.230 e. The lowest BCUT2D eigenvalue weighted by atomic mass is 9.92. The van der Waals surface area contributed by atoms with Gasteiger partial charge in [0.25, 0.3) is 0 Å². The van der Waals surface area contributed by atoms with E-state index in [4.69, 9.17) is 9.26 Å². The van der Waals surface area contributed by atoms with E-state index in [0.717, 1.165) is 35.9 Å². The van der Waals surface area contributed by atoms with Gasteiger partial charge in [-0.1, -0.05) is 35.5 Å². The zero-order valence-corrected chi connectivity index (χ0v) is 15.2. The van der Waals surface area contributed by atoms with Gasteiger partial charge in [-0.05, 0) is 67.6 Å². The van der Waals surface area contributed by atoms with Crippen LogP contribution in [-0.2, 0) is 6.61 Å². The van der Waals surface area contributed by atoms with E-state index < -0.39 is 0 Å². The molecule has 0 amide bonds. The molecule has 2 heterocycles. The second-order valence-corrected chi connectivity index (χ2v) is 7.62. The predicted octanol–water partition coefficient (Wildman–Crippen LogP) is 4.17. The summed E-state index contributed by atoms with van der Waals surface area (Å²) in [5.74, 6) is 2.74. The first-order chi connectivity index (χ1) is 13.3. The summed E-state index contributed by atoms with van der Waals surface area (Å²) in [7, 11) is 0. The number of ether oxygens (including phenoxy) is 1. The van der Waals surface area contributed by atoms with E-state index in [-0.39, 0.29) is 0 Å². The van der Waals surface area contributed by atoms with Crippen molar-refractivity contribution in [3.05, 3.63) is 66.1 Å². The Bertz CT molecular complexity index is 899. The van der Waals surface area contributed by atoms with Gasteiger partial charge in [-0.3, -0.25) is 0 Å². The van der Waals surface area contributed by atoms with Gasteiger partial charge >= 0.3 is 0 Å². The van der Waals surface area contributed by atoms with Crippen molar-refractivity contribution >= 4 is 0 Å². The highest BCUT2D eigenvalue weighted by atomic mass is 16.5. The Kier molecular flexibility index (Phi) is 4.17. The van der Waals surface area contributed by atoms with Gasteiger partial charge < -0.3 is 14.6 Å². The Balaban J connectivity index is 1.24. The van der Waals surface area contributed by atoms with Crippen LogP contribution in [0.1, 0.15) is 36.6 Å². The molecule has 1 atom stereocenters. The normalized spacial score (nSPS) is 20.5. The zero-order valence-electron chi connectivity index (χ0n) is 15.2. The number of nitrogens with one attached hydrogen (secondary N) is 1. The first kappa shape index (κ1) is 16.5. The van der Waals surface area contributed by atoms with Crippen LogP contribution in [-0.4, -0.2) is 23.2 Å². The Morgan fingerprint density at radius 2 is 1.81 bits per heavy atom. The van der Waals surface area contributed by atoms with Crippen LogP contribution >= 0.6 is 0 Å². The summed E-state index contributed by atoms with van der Waals surface area (Å²) in [5.41, 5.74) is 2.52. The molecule has 1 aromatic heterocycles. The first-order valence-electron chi connectivity index (χ1n) is 9.64. The maximum absolute atomic E-state index is 5.84. The molecular weight excluding hydrogens is 338 g/mol. The topological polar surface area (TPSA) is 60.2 Å². The largest absolute Gasteiger partial charge is 0.489 e. The fourth-order valence-electron chi connectivity index (χ4n) is 4.11. The van der Waals surface area contributed by atoms with Crippen LogP contribution in [0.4, 0.5) is 0 Å². The molecule has 1 N–H and O–H groups in total. The van der Waals surface area contributed by atoms with Gasteiger partial charge in [0, 0.05) is 11.5 Å². The van der Waals surface area contributed by atoms with Crippen molar-refractivity contribution < 1.29 is 9.26 Å². The fourth-order valence-corrected chi connectivity index (χ4v) is 4.11. The predicted molar refractivity (Wildman–Crippen MR) is 102 cm³/mol. The molecule has 27 heavy (non-hydrogen) atoms. The minimum atomic E-state index is 0.407.